The number of hydrogen-bond donors (Lipinski definition) is 3. The third-order valence-corrected chi connectivity index (χ3v) is 2.98. The first-order valence-electron chi connectivity index (χ1n) is 7.16. The Morgan fingerprint density at radius 2 is 1.76 bits per heavy atom. The number of β-amino-alcohol motifs (C(OH)–C–C–N with tert-alkyl or cyclic N) is 1. The van der Waals surface area contributed by atoms with Crippen molar-refractivity contribution < 1.29 is 5.11 Å². The summed E-state index contributed by atoms with van der Waals surface area (Å²) in [6.07, 6.45) is -0.623. The number of nitrogens with zero attached hydrogens (tertiary/aromatic N) is 1. The number of benzene rings is 1. The van der Waals surface area contributed by atoms with Crippen LogP contribution in [0.3, 0.4) is 0 Å². The van der Waals surface area contributed by atoms with Gasteiger partial charge in [0.2, 0.25) is 0 Å². The van der Waals surface area contributed by atoms with Crippen LogP contribution in [-0.2, 0) is 0 Å². The lowest BCUT2D eigenvalue weighted by atomic mass is 10.1. The first kappa shape index (κ1) is 15.5. The summed E-state index contributed by atoms with van der Waals surface area (Å²) in [5, 5.41) is 16.7. The van der Waals surface area contributed by atoms with E-state index in [-0.39, 0.29) is 5.54 Å². The number of nitrogens with one attached hydrogen (secondary N) is 2. The van der Waals surface area contributed by atoms with Gasteiger partial charge in [-0.05, 0) is 45.0 Å². The normalized spacial score (nSPS) is 13.0. The fraction of sp³-hybridized carbons (Fsp3) is 0.353. The van der Waals surface area contributed by atoms with E-state index in [0.29, 0.717) is 12.2 Å². The van der Waals surface area contributed by atoms with Crippen molar-refractivity contribution in [1.29, 1.82) is 0 Å². The van der Waals surface area contributed by atoms with Crippen molar-refractivity contribution in [3.8, 4) is 0 Å². The van der Waals surface area contributed by atoms with Gasteiger partial charge in [-0.1, -0.05) is 24.3 Å². The topological polar surface area (TPSA) is 57.2 Å². The molecule has 4 nitrogen and oxygen atoms in total. The van der Waals surface area contributed by atoms with E-state index in [1.807, 2.05) is 48.5 Å². The van der Waals surface area contributed by atoms with Gasteiger partial charge in [0.25, 0.3) is 0 Å². The molecule has 3 N–H and O–H groups in total. The highest BCUT2D eigenvalue weighted by atomic mass is 16.3. The van der Waals surface area contributed by atoms with Crippen LogP contribution in [0.1, 0.15) is 32.6 Å². The van der Waals surface area contributed by atoms with Crippen LogP contribution in [0.15, 0.2) is 48.5 Å². The van der Waals surface area contributed by atoms with Crippen molar-refractivity contribution in [3.63, 3.8) is 0 Å². The van der Waals surface area contributed by atoms with Gasteiger partial charge in [0.1, 0.15) is 11.9 Å². The van der Waals surface area contributed by atoms with E-state index >= 15 is 0 Å². The van der Waals surface area contributed by atoms with Crippen LogP contribution in [0.4, 0.5) is 11.5 Å². The molecule has 0 spiro atoms. The third kappa shape index (κ3) is 5.17. The summed E-state index contributed by atoms with van der Waals surface area (Å²) in [4.78, 5) is 4.47. The average molecular weight is 285 g/mol. The number of aromatic nitrogens is 1. The monoisotopic (exact) mass is 285 g/mol. The molecular formula is C17H23N3O. The Morgan fingerprint density at radius 3 is 2.43 bits per heavy atom. The largest absolute Gasteiger partial charge is 0.385 e. The Bertz CT molecular complexity index is 564. The molecule has 2 aromatic rings. The van der Waals surface area contributed by atoms with Crippen LogP contribution in [0.25, 0.3) is 0 Å². The van der Waals surface area contributed by atoms with E-state index in [1.54, 1.807) is 0 Å². The number of aliphatic hydroxyl groups is 1. The highest BCUT2D eigenvalue weighted by Gasteiger charge is 2.14. The summed E-state index contributed by atoms with van der Waals surface area (Å²) < 4.78 is 0. The van der Waals surface area contributed by atoms with Crippen molar-refractivity contribution in [2.75, 3.05) is 11.9 Å². The molecule has 0 amide bonds. The predicted molar refractivity (Wildman–Crippen MR) is 86.7 cm³/mol. The van der Waals surface area contributed by atoms with Crippen LogP contribution in [0, 0.1) is 0 Å². The number of para-hydroxylation sites is 1. The quantitative estimate of drug-likeness (QED) is 0.789. The van der Waals surface area contributed by atoms with Gasteiger partial charge in [-0.15, -0.1) is 0 Å². The van der Waals surface area contributed by atoms with Gasteiger partial charge in [-0.3, -0.25) is 0 Å². The lowest BCUT2D eigenvalue weighted by Crippen LogP contribution is -2.38. The van der Waals surface area contributed by atoms with Gasteiger partial charge < -0.3 is 15.7 Å². The molecule has 0 saturated carbocycles. The van der Waals surface area contributed by atoms with Gasteiger partial charge >= 0.3 is 0 Å². The molecule has 0 aliphatic carbocycles. The average Bonchev–Trinajstić information content (AvgIpc) is 2.45. The first-order valence-corrected chi connectivity index (χ1v) is 7.16. The molecule has 1 aromatic heterocycles. The highest BCUT2D eigenvalue weighted by Crippen LogP contribution is 2.17. The Morgan fingerprint density at radius 1 is 1.05 bits per heavy atom. The van der Waals surface area contributed by atoms with E-state index < -0.39 is 6.10 Å². The highest BCUT2D eigenvalue weighted by molar-refractivity contribution is 5.55. The smallest absolute Gasteiger partial charge is 0.130 e. The molecule has 0 saturated heterocycles. The molecular weight excluding hydrogens is 262 g/mol. The molecule has 0 aliphatic heterocycles. The van der Waals surface area contributed by atoms with Crippen LogP contribution >= 0.6 is 0 Å². The summed E-state index contributed by atoms with van der Waals surface area (Å²) in [6, 6.07) is 15.5. The van der Waals surface area contributed by atoms with Gasteiger partial charge in [-0.2, -0.15) is 0 Å². The molecule has 0 unspecified atom stereocenters. The molecule has 112 valence electrons. The van der Waals surface area contributed by atoms with Crippen molar-refractivity contribution in [1.82, 2.24) is 10.3 Å². The van der Waals surface area contributed by atoms with Gasteiger partial charge in [-0.25, -0.2) is 4.98 Å². The Labute approximate surface area is 126 Å². The summed E-state index contributed by atoms with van der Waals surface area (Å²) >= 11 is 0. The lowest BCUT2D eigenvalue weighted by Gasteiger charge is -2.22. The zero-order valence-corrected chi connectivity index (χ0v) is 12.8. The minimum Gasteiger partial charge on any atom is -0.385 e. The van der Waals surface area contributed by atoms with Crippen LogP contribution in [0.2, 0.25) is 0 Å². The Balaban J connectivity index is 2.03. The van der Waals surface area contributed by atoms with Crippen molar-refractivity contribution in [2.45, 2.75) is 32.4 Å². The Hall–Kier alpha value is -1.91. The molecule has 1 aromatic carbocycles. The van der Waals surface area contributed by atoms with E-state index in [1.165, 1.54) is 0 Å². The standard InChI is InChI=1S/C17H23N3O/c1-17(2,3)18-12-15(21)14-10-7-11-16(20-14)19-13-8-5-4-6-9-13/h4-11,15,18,21H,12H2,1-3H3,(H,19,20)/t15-/m1/s1. The predicted octanol–water partition coefficient (Wildman–Crippen LogP) is 3.25. The maximum absolute atomic E-state index is 10.2. The fourth-order valence-electron chi connectivity index (χ4n) is 1.88. The first-order chi connectivity index (χ1) is 9.94. The molecule has 1 atom stereocenters. The van der Waals surface area contributed by atoms with Crippen LogP contribution in [-0.4, -0.2) is 22.2 Å². The van der Waals surface area contributed by atoms with Crippen molar-refractivity contribution >= 4 is 11.5 Å². The lowest BCUT2D eigenvalue weighted by molar-refractivity contribution is 0.159. The van der Waals surface area contributed by atoms with Crippen molar-refractivity contribution in [2.24, 2.45) is 0 Å². The number of anilines is 2. The SMILES string of the molecule is CC(C)(C)NC[C@@H](O)c1cccc(Nc2ccccc2)n1. The molecule has 0 fully saturated rings. The second-order valence-electron chi connectivity index (χ2n) is 6.09. The maximum Gasteiger partial charge on any atom is 0.130 e. The van der Waals surface area contributed by atoms with E-state index in [2.05, 4.69) is 36.4 Å². The summed E-state index contributed by atoms with van der Waals surface area (Å²) in [5.41, 5.74) is 1.61. The molecule has 4 heteroatoms. The zero-order valence-electron chi connectivity index (χ0n) is 12.8. The molecule has 0 bridgehead atoms. The number of aliphatic hydroxyl groups excluding tert-OH is 1. The minimum absolute atomic E-state index is 0.0269. The number of pyridine rings is 1. The van der Waals surface area contributed by atoms with Gasteiger partial charge in [0, 0.05) is 17.8 Å². The third-order valence-electron chi connectivity index (χ3n) is 2.98. The summed E-state index contributed by atoms with van der Waals surface area (Å²) in [5.74, 6) is 0.730. The fourth-order valence-corrected chi connectivity index (χ4v) is 1.88. The number of rotatable bonds is 5. The van der Waals surface area contributed by atoms with Crippen LogP contribution < -0.4 is 10.6 Å². The summed E-state index contributed by atoms with van der Waals surface area (Å²) in [7, 11) is 0. The minimum atomic E-state index is -0.623. The molecule has 1 heterocycles. The molecule has 0 aliphatic rings. The molecule has 2 rings (SSSR count). The number of hydrogen-bond acceptors (Lipinski definition) is 4. The molecule has 0 radical (unpaired) electrons. The Kier molecular flexibility index (Phi) is 4.94. The molecule has 21 heavy (non-hydrogen) atoms. The summed E-state index contributed by atoms with van der Waals surface area (Å²) in [6.45, 7) is 6.69. The van der Waals surface area contributed by atoms with E-state index in [9.17, 15) is 5.11 Å². The van der Waals surface area contributed by atoms with Gasteiger partial charge in [0.05, 0.1) is 5.69 Å². The second kappa shape index (κ2) is 6.70. The van der Waals surface area contributed by atoms with E-state index in [0.717, 1.165) is 11.5 Å². The van der Waals surface area contributed by atoms with E-state index in [4.69, 9.17) is 0 Å². The van der Waals surface area contributed by atoms with Crippen LogP contribution in [0.5, 0.6) is 0 Å². The zero-order chi connectivity index (χ0) is 15.3. The maximum atomic E-state index is 10.2. The van der Waals surface area contributed by atoms with Gasteiger partial charge in [0.15, 0.2) is 0 Å². The second-order valence-corrected chi connectivity index (χ2v) is 6.09. The van der Waals surface area contributed by atoms with Crippen molar-refractivity contribution in [3.05, 3.63) is 54.2 Å².